The van der Waals surface area contributed by atoms with Gasteiger partial charge in [-0.2, -0.15) is 0 Å². The number of ketones is 1. The number of amides is 1. The first-order chi connectivity index (χ1) is 7.16. The molecular weight excluding hydrogens is 194 g/mol. The first kappa shape index (κ1) is 12.0. The molecule has 1 unspecified atom stereocenters. The highest BCUT2D eigenvalue weighted by molar-refractivity contribution is 5.87. The number of rotatable bonds is 4. The van der Waals surface area contributed by atoms with Gasteiger partial charge < -0.3 is 5.11 Å². The van der Waals surface area contributed by atoms with Crippen LogP contribution >= 0.6 is 0 Å². The van der Waals surface area contributed by atoms with E-state index in [1.165, 1.54) is 4.90 Å². The first-order valence-electron chi connectivity index (χ1n) is 5.69. The highest BCUT2D eigenvalue weighted by atomic mass is 16.4. The van der Waals surface area contributed by atoms with Crippen LogP contribution in [0.2, 0.25) is 0 Å². The molecule has 0 radical (unpaired) electrons. The zero-order chi connectivity index (χ0) is 11.3. The third-order valence-electron chi connectivity index (χ3n) is 2.90. The number of piperidine rings is 1. The van der Waals surface area contributed by atoms with E-state index < -0.39 is 6.09 Å². The third-order valence-corrected chi connectivity index (χ3v) is 2.90. The van der Waals surface area contributed by atoms with Crippen molar-refractivity contribution in [1.82, 2.24) is 4.90 Å². The van der Waals surface area contributed by atoms with E-state index in [4.69, 9.17) is 5.11 Å². The molecule has 1 heterocycles. The van der Waals surface area contributed by atoms with E-state index in [9.17, 15) is 9.59 Å². The second-order valence-electron chi connectivity index (χ2n) is 4.06. The van der Waals surface area contributed by atoms with Crippen molar-refractivity contribution in [2.45, 2.75) is 51.5 Å². The number of unbranched alkanes of at least 4 members (excludes halogenated alkanes) is 1. The molecule has 1 amide bonds. The molecule has 86 valence electrons. The number of likely N-dealkylation sites (tertiary alicyclic amines) is 1. The normalized spacial score (nSPS) is 21.4. The van der Waals surface area contributed by atoms with Crippen molar-refractivity contribution >= 4 is 11.9 Å². The van der Waals surface area contributed by atoms with Crippen LogP contribution in [0.4, 0.5) is 4.79 Å². The molecule has 1 aliphatic rings. The van der Waals surface area contributed by atoms with Crippen molar-refractivity contribution in [3.63, 3.8) is 0 Å². The Kier molecular flexibility index (Phi) is 4.59. The molecule has 1 saturated heterocycles. The topological polar surface area (TPSA) is 57.6 Å². The smallest absolute Gasteiger partial charge is 0.407 e. The maximum absolute atomic E-state index is 11.8. The molecule has 4 heteroatoms. The number of hydrogen-bond acceptors (Lipinski definition) is 2. The standard InChI is InChI=1S/C11H19NO3/c1-2-3-7-10(13)9-6-4-5-8-12(9)11(14)15/h9H,2-8H2,1H3,(H,14,15). The minimum Gasteiger partial charge on any atom is -0.465 e. The molecule has 1 atom stereocenters. The Morgan fingerprint density at radius 2 is 2.13 bits per heavy atom. The average Bonchev–Trinajstić information content (AvgIpc) is 2.25. The van der Waals surface area contributed by atoms with E-state index in [2.05, 4.69) is 0 Å². The fraction of sp³-hybridized carbons (Fsp3) is 0.818. The Bertz CT molecular complexity index is 240. The predicted octanol–water partition coefficient (Wildman–Crippen LogP) is 2.28. The lowest BCUT2D eigenvalue weighted by molar-refractivity contribution is -0.124. The van der Waals surface area contributed by atoms with Gasteiger partial charge in [-0.15, -0.1) is 0 Å². The Morgan fingerprint density at radius 3 is 2.73 bits per heavy atom. The molecule has 1 rings (SSSR count). The van der Waals surface area contributed by atoms with E-state index in [1.807, 2.05) is 6.92 Å². The second kappa shape index (κ2) is 5.73. The van der Waals surface area contributed by atoms with E-state index in [-0.39, 0.29) is 11.8 Å². The molecule has 0 aromatic heterocycles. The number of carbonyl (C=O) groups excluding carboxylic acids is 1. The van der Waals surface area contributed by atoms with Crippen molar-refractivity contribution in [1.29, 1.82) is 0 Å². The van der Waals surface area contributed by atoms with Gasteiger partial charge in [0, 0.05) is 13.0 Å². The van der Waals surface area contributed by atoms with Gasteiger partial charge in [0.05, 0.1) is 6.04 Å². The van der Waals surface area contributed by atoms with Crippen LogP contribution < -0.4 is 0 Å². The largest absolute Gasteiger partial charge is 0.465 e. The zero-order valence-corrected chi connectivity index (χ0v) is 9.24. The first-order valence-corrected chi connectivity index (χ1v) is 5.69. The van der Waals surface area contributed by atoms with Gasteiger partial charge in [-0.05, 0) is 25.7 Å². The lowest BCUT2D eigenvalue weighted by Gasteiger charge is -2.32. The van der Waals surface area contributed by atoms with Crippen LogP contribution in [-0.2, 0) is 4.79 Å². The molecular formula is C11H19NO3. The Labute approximate surface area is 90.3 Å². The van der Waals surface area contributed by atoms with Crippen molar-refractivity contribution in [2.24, 2.45) is 0 Å². The number of carbonyl (C=O) groups is 2. The van der Waals surface area contributed by atoms with Gasteiger partial charge in [0.2, 0.25) is 0 Å². The quantitative estimate of drug-likeness (QED) is 0.779. The second-order valence-corrected chi connectivity index (χ2v) is 4.06. The molecule has 1 aliphatic heterocycles. The van der Waals surface area contributed by atoms with E-state index >= 15 is 0 Å². The van der Waals surface area contributed by atoms with Crippen LogP contribution in [0, 0.1) is 0 Å². The van der Waals surface area contributed by atoms with Crippen LogP contribution in [0.5, 0.6) is 0 Å². The lowest BCUT2D eigenvalue weighted by atomic mass is 9.96. The van der Waals surface area contributed by atoms with Crippen LogP contribution in [0.15, 0.2) is 0 Å². The van der Waals surface area contributed by atoms with Crippen molar-refractivity contribution in [3.05, 3.63) is 0 Å². The summed E-state index contributed by atoms with van der Waals surface area (Å²) < 4.78 is 0. The van der Waals surface area contributed by atoms with Crippen molar-refractivity contribution in [2.75, 3.05) is 6.54 Å². The summed E-state index contributed by atoms with van der Waals surface area (Å²) in [5, 5.41) is 8.96. The monoisotopic (exact) mass is 213 g/mol. The van der Waals surface area contributed by atoms with Crippen LogP contribution in [0.1, 0.15) is 45.4 Å². The van der Waals surface area contributed by atoms with Gasteiger partial charge in [0.25, 0.3) is 0 Å². The number of hydrogen-bond donors (Lipinski definition) is 1. The van der Waals surface area contributed by atoms with Crippen LogP contribution in [0.25, 0.3) is 0 Å². The van der Waals surface area contributed by atoms with Crippen LogP contribution in [0.3, 0.4) is 0 Å². The number of carboxylic acid groups (broad SMARTS) is 1. The Balaban J connectivity index is 2.55. The van der Waals surface area contributed by atoms with Crippen molar-refractivity contribution in [3.8, 4) is 0 Å². The molecule has 1 fully saturated rings. The van der Waals surface area contributed by atoms with Gasteiger partial charge in [0.15, 0.2) is 5.78 Å². The van der Waals surface area contributed by atoms with E-state index in [0.717, 1.165) is 25.7 Å². The average molecular weight is 213 g/mol. The molecule has 1 N–H and O–H groups in total. The van der Waals surface area contributed by atoms with Crippen LogP contribution in [-0.4, -0.2) is 34.5 Å². The molecule has 15 heavy (non-hydrogen) atoms. The molecule has 0 aliphatic carbocycles. The minimum absolute atomic E-state index is 0.0963. The summed E-state index contributed by atoms with van der Waals surface area (Å²) in [6, 6.07) is -0.372. The summed E-state index contributed by atoms with van der Waals surface area (Å²) in [5.74, 6) is 0.0963. The number of nitrogens with zero attached hydrogens (tertiary/aromatic N) is 1. The summed E-state index contributed by atoms with van der Waals surface area (Å²) in [4.78, 5) is 24.0. The third kappa shape index (κ3) is 3.22. The highest BCUT2D eigenvalue weighted by Gasteiger charge is 2.30. The fourth-order valence-electron chi connectivity index (χ4n) is 2.01. The van der Waals surface area contributed by atoms with Gasteiger partial charge in [-0.3, -0.25) is 9.69 Å². The number of Topliss-reactive ketones (excluding diaryl/α,β-unsaturated/α-hetero) is 1. The summed E-state index contributed by atoms with van der Waals surface area (Å²) in [6.07, 6.45) is 3.95. The van der Waals surface area contributed by atoms with Gasteiger partial charge in [-0.25, -0.2) is 4.79 Å². The maximum Gasteiger partial charge on any atom is 0.407 e. The molecule has 0 saturated carbocycles. The Hall–Kier alpha value is -1.06. The van der Waals surface area contributed by atoms with E-state index in [1.54, 1.807) is 0 Å². The molecule has 0 aromatic carbocycles. The summed E-state index contributed by atoms with van der Waals surface area (Å²) in [7, 11) is 0. The maximum atomic E-state index is 11.8. The highest BCUT2D eigenvalue weighted by Crippen LogP contribution is 2.19. The van der Waals surface area contributed by atoms with Gasteiger partial charge >= 0.3 is 6.09 Å². The van der Waals surface area contributed by atoms with Gasteiger partial charge in [-0.1, -0.05) is 13.3 Å². The summed E-state index contributed by atoms with van der Waals surface area (Å²) >= 11 is 0. The minimum atomic E-state index is -0.954. The predicted molar refractivity (Wildman–Crippen MR) is 56.9 cm³/mol. The van der Waals surface area contributed by atoms with Gasteiger partial charge in [0.1, 0.15) is 0 Å². The lowest BCUT2D eigenvalue weighted by Crippen LogP contribution is -2.47. The van der Waals surface area contributed by atoms with E-state index in [0.29, 0.717) is 19.4 Å². The molecule has 0 aromatic rings. The molecule has 0 spiro atoms. The summed E-state index contributed by atoms with van der Waals surface area (Å²) in [6.45, 7) is 2.54. The fourth-order valence-corrected chi connectivity index (χ4v) is 2.01. The zero-order valence-electron chi connectivity index (χ0n) is 9.24. The Morgan fingerprint density at radius 1 is 1.40 bits per heavy atom. The summed E-state index contributed by atoms with van der Waals surface area (Å²) in [5.41, 5.74) is 0. The SMILES string of the molecule is CCCCC(=O)C1CCCCN1C(=O)O. The van der Waals surface area contributed by atoms with Crippen molar-refractivity contribution < 1.29 is 14.7 Å². The molecule has 0 bridgehead atoms. The molecule has 4 nitrogen and oxygen atoms in total.